The van der Waals surface area contributed by atoms with Crippen LogP contribution in [0.3, 0.4) is 0 Å². The van der Waals surface area contributed by atoms with Gasteiger partial charge >= 0.3 is 0 Å². The highest BCUT2D eigenvalue weighted by molar-refractivity contribution is 5.84. The summed E-state index contributed by atoms with van der Waals surface area (Å²) >= 11 is 0. The Balaban J connectivity index is 1.57. The number of ether oxygens (including phenoxy) is 2. The smallest absolute Gasteiger partial charge is 0.242 e. The second-order valence-corrected chi connectivity index (χ2v) is 5.78. The van der Waals surface area contributed by atoms with E-state index in [0.717, 1.165) is 29.2 Å². The van der Waals surface area contributed by atoms with Crippen LogP contribution in [-0.2, 0) is 11.3 Å². The van der Waals surface area contributed by atoms with E-state index in [0.29, 0.717) is 19.8 Å². The first-order chi connectivity index (χ1) is 11.7. The van der Waals surface area contributed by atoms with Crippen molar-refractivity contribution in [2.24, 2.45) is 0 Å². The SMILES string of the molecule is C[C@@H](Nc1ccc2c(c1)OCCCO2)C(=O)NCc1ccccc1. The second-order valence-electron chi connectivity index (χ2n) is 5.78. The number of amides is 1. The lowest BCUT2D eigenvalue weighted by molar-refractivity contribution is -0.121. The van der Waals surface area contributed by atoms with Gasteiger partial charge in [-0.2, -0.15) is 0 Å². The zero-order chi connectivity index (χ0) is 16.8. The van der Waals surface area contributed by atoms with Crippen molar-refractivity contribution in [3.63, 3.8) is 0 Å². The van der Waals surface area contributed by atoms with E-state index in [4.69, 9.17) is 9.47 Å². The molecule has 0 fully saturated rings. The summed E-state index contributed by atoms with van der Waals surface area (Å²) in [5, 5.41) is 6.13. The molecule has 0 radical (unpaired) electrons. The third-order valence-corrected chi connectivity index (χ3v) is 3.83. The summed E-state index contributed by atoms with van der Waals surface area (Å²) in [5.41, 5.74) is 1.91. The monoisotopic (exact) mass is 326 g/mol. The van der Waals surface area contributed by atoms with Gasteiger partial charge in [0.25, 0.3) is 0 Å². The molecule has 126 valence electrons. The number of hydrogen-bond donors (Lipinski definition) is 2. The predicted molar refractivity (Wildman–Crippen MR) is 93.4 cm³/mol. The zero-order valence-electron chi connectivity index (χ0n) is 13.7. The number of carbonyl (C=O) groups is 1. The molecule has 0 aliphatic carbocycles. The quantitative estimate of drug-likeness (QED) is 0.887. The summed E-state index contributed by atoms with van der Waals surface area (Å²) in [7, 11) is 0. The lowest BCUT2D eigenvalue weighted by Crippen LogP contribution is -2.37. The molecule has 24 heavy (non-hydrogen) atoms. The summed E-state index contributed by atoms with van der Waals surface area (Å²) in [5.74, 6) is 1.42. The van der Waals surface area contributed by atoms with Crippen LogP contribution in [0, 0.1) is 0 Å². The number of fused-ring (bicyclic) bond motifs is 1. The number of carbonyl (C=O) groups excluding carboxylic acids is 1. The fraction of sp³-hybridized carbons (Fsp3) is 0.316. The van der Waals surface area contributed by atoms with Crippen molar-refractivity contribution in [3.8, 4) is 11.5 Å². The van der Waals surface area contributed by atoms with Crippen LogP contribution in [0.15, 0.2) is 48.5 Å². The van der Waals surface area contributed by atoms with Crippen molar-refractivity contribution in [2.45, 2.75) is 25.9 Å². The number of rotatable bonds is 5. The van der Waals surface area contributed by atoms with Crippen LogP contribution in [0.4, 0.5) is 5.69 Å². The van der Waals surface area contributed by atoms with E-state index < -0.39 is 0 Å². The Hall–Kier alpha value is -2.69. The van der Waals surface area contributed by atoms with E-state index >= 15 is 0 Å². The van der Waals surface area contributed by atoms with Crippen LogP contribution in [0.5, 0.6) is 11.5 Å². The van der Waals surface area contributed by atoms with E-state index in [2.05, 4.69) is 10.6 Å². The standard InChI is InChI=1S/C19H22N2O3/c1-14(19(22)20-13-15-6-3-2-4-7-15)21-16-8-9-17-18(12-16)24-11-5-10-23-17/h2-4,6-9,12,14,21H,5,10-11,13H2,1H3,(H,20,22)/t14-/m1/s1. The lowest BCUT2D eigenvalue weighted by Gasteiger charge is -2.16. The Morgan fingerprint density at radius 3 is 2.62 bits per heavy atom. The molecule has 3 rings (SSSR count). The Bertz CT molecular complexity index is 688. The van der Waals surface area contributed by atoms with Gasteiger partial charge in [-0.1, -0.05) is 30.3 Å². The molecule has 2 aromatic rings. The van der Waals surface area contributed by atoms with E-state index in [9.17, 15) is 4.79 Å². The van der Waals surface area contributed by atoms with Gasteiger partial charge in [-0.25, -0.2) is 0 Å². The normalized spacial score (nSPS) is 14.4. The van der Waals surface area contributed by atoms with Crippen molar-refractivity contribution in [1.29, 1.82) is 0 Å². The Morgan fingerprint density at radius 1 is 1.08 bits per heavy atom. The first kappa shape index (κ1) is 16.2. The minimum absolute atomic E-state index is 0.0500. The number of nitrogens with one attached hydrogen (secondary N) is 2. The second kappa shape index (κ2) is 7.73. The summed E-state index contributed by atoms with van der Waals surface area (Å²) in [6.07, 6.45) is 0.871. The molecule has 0 aromatic heterocycles. The molecule has 2 aromatic carbocycles. The molecule has 1 aliphatic rings. The highest BCUT2D eigenvalue weighted by Gasteiger charge is 2.15. The van der Waals surface area contributed by atoms with Gasteiger partial charge in [0.2, 0.25) is 5.91 Å². The minimum Gasteiger partial charge on any atom is -0.490 e. The third-order valence-electron chi connectivity index (χ3n) is 3.83. The maximum absolute atomic E-state index is 12.2. The predicted octanol–water partition coefficient (Wildman–Crippen LogP) is 2.96. The Morgan fingerprint density at radius 2 is 1.83 bits per heavy atom. The van der Waals surface area contributed by atoms with Crippen LogP contribution in [0.1, 0.15) is 18.9 Å². The third kappa shape index (κ3) is 4.19. The average molecular weight is 326 g/mol. The molecule has 5 heteroatoms. The van der Waals surface area contributed by atoms with Gasteiger partial charge in [0.15, 0.2) is 11.5 Å². The molecule has 0 unspecified atom stereocenters. The summed E-state index contributed by atoms with van der Waals surface area (Å²) in [6.45, 7) is 3.66. The van der Waals surface area contributed by atoms with Crippen LogP contribution >= 0.6 is 0 Å². The van der Waals surface area contributed by atoms with Gasteiger partial charge in [-0.05, 0) is 24.6 Å². The minimum atomic E-state index is -0.349. The molecule has 0 saturated heterocycles. The molecule has 5 nitrogen and oxygen atoms in total. The molecule has 1 heterocycles. The van der Waals surface area contributed by atoms with Crippen LogP contribution in [-0.4, -0.2) is 25.2 Å². The van der Waals surface area contributed by atoms with Crippen molar-refractivity contribution in [3.05, 3.63) is 54.1 Å². The van der Waals surface area contributed by atoms with Crippen molar-refractivity contribution in [1.82, 2.24) is 5.32 Å². The van der Waals surface area contributed by atoms with Crippen molar-refractivity contribution < 1.29 is 14.3 Å². The Labute approximate surface area is 142 Å². The number of hydrogen-bond acceptors (Lipinski definition) is 4. The fourth-order valence-electron chi connectivity index (χ4n) is 2.51. The first-order valence-electron chi connectivity index (χ1n) is 8.20. The summed E-state index contributed by atoms with van der Waals surface area (Å²) in [6, 6.07) is 15.2. The zero-order valence-corrected chi connectivity index (χ0v) is 13.7. The van der Waals surface area contributed by atoms with Gasteiger partial charge < -0.3 is 20.1 Å². The molecule has 1 aliphatic heterocycles. The van der Waals surface area contributed by atoms with E-state index in [1.165, 1.54) is 0 Å². The fourth-order valence-corrected chi connectivity index (χ4v) is 2.51. The van der Waals surface area contributed by atoms with Gasteiger partial charge in [0.1, 0.15) is 6.04 Å². The molecule has 1 amide bonds. The van der Waals surface area contributed by atoms with Crippen LogP contribution in [0.25, 0.3) is 0 Å². The maximum Gasteiger partial charge on any atom is 0.242 e. The molecule has 1 atom stereocenters. The van der Waals surface area contributed by atoms with Gasteiger partial charge in [0.05, 0.1) is 13.2 Å². The number of benzene rings is 2. The summed E-state index contributed by atoms with van der Waals surface area (Å²) < 4.78 is 11.3. The van der Waals surface area contributed by atoms with Crippen molar-refractivity contribution in [2.75, 3.05) is 18.5 Å². The molecular weight excluding hydrogens is 304 g/mol. The first-order valence-corrected chi connectivity index (χ1v) is 8.20. The van der Waals surface area contributed by atoms with Gasteiger partial charge in [0, 0.05) is 24.7 Å². The lowest BCUT2D eigenvalue weighted by atomic mass is 10.2. The molecular formula is C19H22N2O3. The van der Waals surface area contributed by atoms with Crippen LogP contribution in [0.2, 0.25) is 0 Å². The Kier molecular flexibility index (Phi) is 5.21. The molecule has 0 spiro atoms. The van der Waals surface area contributed by atoms with E-state index in [1.807, 2.05) is 55.5 Å². The largest absolute Gasteiger partial charge is 0.490 e. The molecule has 0 bridgehead atoms. The highest BCUT2D eigenvalue weighted by Crippen LogP contribution is 2.32. The van der Waals surface area contributed by atoms with Crippen molar-refractivity contribution >= 4 is 11.6 Å². The molecule has 2 N–H and O–H groups in total. The maximum atomic E-state index is 12.2. The van der Waals surface area contributed by atoms with E-state index in [-0.39, 0.29) is 11.9 Å². The van der Waals surface area contributed by atoms with E-state index in [1.54, 1.807) is 0 Å². The van der Waals surface area contributed by atoms with Crippen LogP contribution < -0.4 is 20.1 Å². The van der Waals surface area contributed by atoms with Gasteiger partial charge in [-0.15, -0.1) is 0 Å². The number of anilines is 1. The summed E-state index contributed by atoms with van der Waals surface area (Å²) in [4.78, 5) is 12.2. The van der Waals surface area contributed by atoms with Gasteiger partial charge in [-0.3, -0.25) is 4.79 Å². The molecule has 0 saturated carbocycles. The topological polar surface area (TPSA) is 59.6 Å². The average Bonchev–Trinajstić information content (AvgIpc) is 2.85. The highest BCUT2D eigenvalue weighted by atomic mass is 16.5.